The number of nitrogens with two attached hydrogens (primary N) is 1. The molecule has 1 aromatic rings. The monoisotopic (exact) mass is 324 g/mol. The number of halogens is 3. The van der Waals surface area contributed by atoms with E-state index in [4.69, 9.17) is 10.5 Å². The van der Waals surface area contributed by atoms with Crippen LogP contribution in [0.4, 0.5) is 4.39 Å². The zero-order chi connectivity index (χ0) is 13.0. The van der Waals surface area contributed by atoms with Crippen LogP contribution in [-0.2, 0) is 6.54 Å². The first kappa shape index (κ1) is 19.4. The Morgan fingerprint density at radius 3 is 2.55 bits per heavy atom. The van der Waals surface area contributed by atoms with E-state index in [0.29, 0.717) is 18.4 Å². The van der Waals surface area contributed by atoms with Gasteiger partial charge in [-0.3, -0.25) is 4.90 Å². The van der Waals surface area contributed by atoms with Crippen molar-refractivity contribution in [1.82, 2.24) is 4.90 Å². The van der Waals surface area contributed by atoms with Gasteiger partial charge in [-0.05, 0) is 50.6 Å². The Morgan fingerprint density at radius 2 is 1.95 bits per heavy atom. The van der Waals surface area contributed by atoms with Gasteiger partial charge in [0.1, 0.15) is 0 Å². The molecule has 0 atom stereocenters. The molecule has 0 unspecified atom stereocenters. The van der Waals surface area contributed by atoms with Gasteiger partial charge >= 0.3 is 0 Å². The van der Waals surface area contributed by atoms with Crippen LogP contribution in [0.2, 0.25) is 0 Å². The second kappa shape index (κ2) is 9.40. The summed E-state index contributed by atoms with van der Waals surface area (Å²) >= 11 is 0. The quantitative estimate of drug-likeness (QED) is 0.925. The lowest BCUT2D eigenvalue weighted by Crippen LogP contribution is -2.39. The molecule has 0 aromatic heterocycles. The van der Waals surface area contributed by atoms with Gasteiger partial charge in [0.25, 0.3) is 0 Å². The molecular weight excluding hydrogens is 302 g/mol. The molecule has 116 valence electrons. The third-order valence-corrected chi connectivity index (χ3v) is 3.33. The normalized spacial score (nSPS) is 16.1. The topological polar surface area (TPSA) is 38.5 Å². The summed E-state index contributed by atoms with van der Waals surface area (Å²) in [6, 6.07) is 5.45. The fraction of sp³-hybridized carbons (Fsp3) is 0.571. The standard InChI is InChI=1S/C14H21FN2O.2ClH/c1-2-18-14-9-11(3-4-13(14)15)10-17-7-5-12(16)6-8-17;;/h3-4,9,12H,2,5-8,10,16H2,1H3;2*1H. The molecule has 1 aliphatic rings. The summed E-state index contributed by atoms with van der Waals surface area (Å²) in [5, 5.41) is 0. The van der Waals surface area contributed by atoms with Crippen molar-refractivity contribution < 1.29 is 9.13 Å². The highest BCUT2D eigenvalue weighted by Gasteiger charge is 2.16. The molecule has 1 aliphatic heterocycles. The largest absolute Gasteiger partial charge is 0.491 e. The highest BCUT2D eigenvalue weighted by atomic mass is 35.5. The summed E-state index contributed by atoms with van der Waals surface area (Å²) in [5.41, 5.74) is 6.97. The molecule has 2 rings (SSSR count). The number of benzene rings is 1. The third-order valence-electron chi connectivity index (χ3n) is 3.33. The zero-order valence-corrected chi connectivity index (χ0v) is 13.3. The average molecular weight is 325 g/mol. The third kappa shape index (κ3) is 5.44. The van der Waals surface area contributed by atoms with E-state index in [9.17, 15) is 4.39 Å². The van der Waals surface area contributed by atoms with Crippen molar-refractivity contribution in [3.05, 3.63) is 29.6 Å². The van der Waals surface area contributed by atoms with Gasteiger partial charge in [0, 0.05) is 12.6 Å². The molecule has 0 bridgehead atoms. The molecule has 1 fully saturated rings. The molecule has 6 heteroatoms. The van der Waals surface area contributed by atoms with E-state index in [-0.39, 0.29) is 30.6 Å². The number of likely N-dealkylation sites (tertiary alicyclic amines) is 1. The van der Waals surface area contributed by atoms with E-state index < -0.39 is 0 Å². The van der Waals surface area contributed by atoms with Gasteiger partial charge in [-0.1, -0.05) is 6.07 Å². The maximum absolute atomic E-state index is 13.4. The minimum atomic E-state index is -0.290. The second-order valence-corrected chi connectivity index (χ2v) is 4.81. The lowest BCUT2D eigenvalue weighted by Gasteiger charge is -2.30. The van der Waals surface area contributed by atoms with Crippen molar-refractivity contribution in [2.45, 2.75) is 32.4 Å². The number of hydrogen-bond acceptors (Lipinski definition) is 3. The van der Waals surface area contributed by atoms with Crippen molar-refractivity contribution in [3.8, 4) is 5.75 Å². The summed E-state index contributed by atoms with van der Waals surface area (Å²) in [4.78, 5) is 2.35. The Morgan fingerprint density at radius 1 is 1.30 bits per heavy atom. The minimum absolute atomic E-state index is 0. The molecular formula is C14H23Cl2FN2O. The molecule has 20 heavy (non-hydrogen) atoms. The summed E-state index contributed by atoms with van der Waals surface area (Å²) in [6.45, 7) is 5.22. The molecule has 0 radical (unpaired) electrons. The van der Waals surface area contributed by atoms with E-state index in [1.54, 1.807) is 6.07 Å². The van der Waals surface area contributed by atoms with Crippen LogP contribution in [0.3, 0.4) is 0 Å². The van der Waals surface area contributed by atoms with Gasteiger partial charge in [0.05, 0.1) is 6.61 Å². The predicted molar refractivity (Wildman–Crippen MR) is 84.6 cm³/mol. The predicted octanol–water partition coefficient (Wildman–Crippen LogP) is 2.99. The molecule has 0 amide bonds. The van der Waals surface area contributed by atoms with Crippen molar-refractivity contribution in [1.29, 1.82) is 0 Å². The molecule has 1 aromatic carbocycles. The van der Waals surface area contributed by atoms with Crippen LogP contribution in [0.15, 0.2) is 18.2 Å². The minimum Gasteiger partial charge on any atom is -0.491 e. The Hall–Kier alpha value is -0.550. The number of nitrogens with zero attached hydrogens (tertiary/aromatic N) is 1. The van der Waals surface area contributed by atoms with Gasteiger partial charge in [-0.15, -0.1) is 24.8 Å². The van der Waals surface area contributed by atoms with Crippen LogP contribution < -0.4 is 10.5 Å². The lowest BCUT2D eigenvalue weighted by atomic mass is 10.1. The average Bonchev–Trinajstić information content (AvgIpc) is 2.37. The van der Waals surface area contributed by atoms with Crippen LogP contribution in [0.5, 0.6) is 5.75 Å². The summed E-state index contributed by atoms with van der Waals surface area (Å²) in [5.74, 6) is 0.0602. The van der Waals surface area contributed by atoms with Crippen molar-refractivity contribution in [2.24, 2.45) is 5.73 Å². The fourth-order valence-corrected chi connectivity index (χ4v) is 2.28. The van der Waals surface area contributed by atoms with Crippen LogP contribution in [-0.4, -0.2) is 30.6 Å². The van der Waals surface area contributed by atoms with Crippen molar-refractivity contribution >= 4 is 24.8 Å². The first-order valence-corrected chi connectivity index (χ1v) is 6.58. The molecule has 3 nitrogen and oxygen atoms in total. The van der Waals surface area contributed by atoms with Crippen molar-refractivity contribution in [2.75, 3.05) is 19.7 Å². The van der Waals surface area contributed by atoms with E-state index in [1.807, 2.05) is 13.0 Å². The van der Waals surface area contributed by atoms with Crippen LogP contribution >= 0.6 is 24.8 Å². The van der Waals surface area contributed by atoms with Gasteiger partial charge in [0.15, 0.2) is 11.6 Å². The first-order chi connectivity index (χ1) is 8.69. The number of hydrogen-bond donors (Lipinski definition) is 1. The Labute approximate surface area is 132 Å². The highest BCUT2D eigenvalue weighted by Crippen LogP contribution is 2.21. The van der Waals surface area contributed by atoms with E-state index in [0.717, 1.165) is 38.0 Å². The molecule has 0 aliphatic carbocycles. The number of ether oxygens (including phenoxy) is 1. The maximum Gasteiger partial charge on any atom is 0.165 e. The van der Waals surface area contributed by atoms with E-state index in [1.165, 1.54) is 6.07 Å². The molecule has 1 heterocycles. The molecule has 0 saturated carbocycles. The van der Waals surface area contributed by atoms with Gasteiger partial charge in [0.2, 0.25) is 0 Å². The van der Waals surface area contributed by atoms with Gasteiger partial charge in [-0.25, -0.2) is 4.39 Å². The Bertz CT molecular complexity index is 399. The maximum atomic E-state index is 13.4. The van der Waals surface area contributed by atoms with Crippen LogP contribution in [0.1, 0.15) is 25.3 Å². The van der Waals surface area contributed by atoms with Crippen LogP contribution in [0, 0.1) is 5.82 Å². The summed E-state index contributed by atoms with van der Waals surface area (Å²) < 4.78 is 18.7. The first-order valence-electron chi connectivity index (χ1n) is 6.58. The highest BCUT2D eigenvalue weighted by molar-refractivity contribution is 5.85. The zero-order valence-electron chi connectivity index (χ0n) is 11.7. The summed E-state index contributed by atoms with van der Waals surface area (Å²) in [6.07, 6.45) is 2.08. The number of piperidine rings is 1. The Balaban J connectivity index is 0.00000180. The smallest absolute Gasteiger partial charge is 0.165 e. The molecule has 2 N–H and O–H groups in total. The second-order valence-electron chi connectivity index (χ2n) is 4.81. The molecule has 1 saturated heterocycles. The van der Waals surface area contributed by atoms with Gasteiger partial charge in [-0.2, -0.15) is 0 Å². The fourth-order valence-electron chi connectivity index (χ4n) is 2.28. The van der Waals surface area contributed by atoms with E-state index in [2.05, 4.69) is 4.90 Å². The van der Waals surface area contributed by atoms with Crippen LogP contribution in [0.25, 0.3) is 0 Å². The van der Waals surface area contributed by atoms with Crippen molar-refractivity contribution in [3.63, 3.8) is 0 Å². The number of rotatable bonds is 4. The van der Waals surface area contributed by atoms with E-state index >= 15 is 0 Å². The lowest BCUT2D eigenvalue weighted by molar-refractivity contribution is 0.205. The molecule has 0 spiro atoms. The summed E-state index contributed by atoms with van der Waals surface area (Å²) in [7, 11) is 0. The SMILES string of the molecule is CCOc1cc(CN2CCC(N)CC2)ccc1F.Cl.Cl. The Kier molecular flexibility index (Phi) is 9.14. The van der Waals surface area contributed by atoms with Gasteiger partial charge < -0.3 is 10.5 Å².